The van der Waals surface area contributed by atoms with Gasteiger partial charge in [0.25, 0.3) is 0 Å². The van der Waals surface area contributed by atoms with Gasteiger partial charge in [-0.1, -0.05) is 0 Å². The lowest BCUT2D eigenvalue weighted by Crippen LogP contribution is -2.03. The zero-order chi connectivity index (χ0) is 13.4. The summed E-state index contributed by atoms with van der Waals surface area (Å²) in [6.45, 7) is 1.24. The Labute approximate surface area is 109 Å². The summed E-state index contributed by atoms with van der Waals surface area (Å²) in [4.78, 5) is 0. The van der Waals surface area contributed by atoms with Gasteiger partial charge >= 0.3 is 0 Å². The Kier molecular flexibility index (Phi) is 6.54. The molecule has 0 spiro atoms. The number of aryl methyl sites for hydroxylation is 1. The Balaban J connectivity index is 2.99. The Morgan fingerprint density at radius 1 is 1.00 bits per heavy atom. The second-order valence-corrected chi connectivity index (χ2v) is 4.16. The number of benzene rings is 1. The maximum absolute atomic E-state index is 5.52. The molecule has 0 saturated heterocycles. The van der Waals surface area contributed by atoms with Gasteiger partial charge in [0.2, 0.25) is 0 Å². The largest absolute Gasteiger partial charge is 0.497 e. The van der Waals surface area contributed by atoms with Gasteiger partial charge in [-0.3, -0.25) is 0 Å². The summed E-state index contributed by atoms with van der Waals surface area (Å²) in [5, 5.41) is 0. The molecule has 2 N–H and O–H groups in total. The Morgan fingerprint density at radius 3 is 2.28 bits per heavy atom. The van der Waals surface area contributed by atoms with Crippen molar-refractivity contribution in [3.05, 3.63) is 23.3 Å². The molecule has 0 aliphatic rings. The van der Waals surface area contributed by atoms with Gasteiger partial charge in [-0.25, -0.2) is 0 Å². The molecule has 0 radical (unpaired) electrons. The molecular formula is C14H23NO3. The fraction of sp³-hybridized carbons (Fsp3) is 0.571. The zero-order valence-electron chi connectivity index (χ0n) is 11.5. The van der Waals surface area contributed by atoms with E-state index in [9.17, 15) is 0 Å². The first-order valence-corrected chi connectivity index (χ1v) is 6.19. The summed E-state index contributed by atoms with van der Waals surface area (Å²) in [7, 11) is 5.03. The fourth-order valence-electron chi connectivity index (χ4n) is 2.01. The predicted octanol–water partition coefficient (Wildman–Crippen LogP) is 2.13. The normalized spacial score (nSPS) is 10.4. The highest BCUT2D eigenvalue weighted by Gasteiger charge is 2.12. The van der Waals surface area contributed by atoms with E-state index in [4.69, 9.17) is 19.9 Å². The molecule has 1 aromatic rings. The van der Waals surface area contributed by atoms with Crippen molar-refractivity contribution < 1.29 is 14.2 Å². The molecule has 1 aromatic carbocycles. The minimum Gasteiger partial charge on any atom is -0.497 e. The number of hydrogen-bond acceptors (Lipinski definition) is 4. The van der Waals surface area contributed by atoms with Gasteiger partial charge in [-0.2, -0.15) is 0 Å². The highest BCUT2D eigenvalue weighted by Crippen LogP contribution is 2.31. The third-order valence-electron chi connectivity index (χ3n) is 2.86. The lowest BCUT2D eigenvalue weighted by atomic mass is 10.0. The van der Waals surface area contributed by atoms with E-state index >= 15 is 0 Å². The highest BCUT2D eigenvalue weighted by atomic mass is 16.5. The first kappa shape index (κ1) is 14.8. The molecule has 102 valence electrons. The minimum absolute atomic E-state index is 0.518. The first-order chi connectivity index (χ1) is 8.76. The van der Waals surface area contributed by atoms with E-state index in [0.29, 0.717) is 6.61 Å². The quantitative estimate of drug-likeness (QED) is 0.721. The third kappa shape index (κ3) is 3.89. The van der Waals surface area contributed by atoms with Crippen LogP contribution in [-0.2, 0) is 17.8 Å². The molecule has 0 aliphatic carbocycles. The van der Waals surface area contributed by atoms with E-state index in [-0.39, 0.29) is 0 Å². The second-order valence-electron chi connectivity index (χ2n) is 4.16. The van der Waals surface area contributed by atoms with Crippen LogP contribution in [0, 0.1) is 0 Å². The standard InChI is InChI=1S/C14H23NO3/c1-16-10-12-9-13(17-2)8-11(14(12)18-3)6-4-5-7-15/h8-9H,4-7,10,15H2,1-3H3. The Hall–Kier alpha value is -1.26. The van der Waals surface area contributed by atoms with Crippen LogP contribution in [0.25, 0.3) is 0 Å². The van der Waals surface area contributed by atoms with E-state index in [0.717, 1.165) is 48.4 Å². The molecule has 4 heteroatoms. The topological polar surface area (TPSA) is 53.7 Å². The van der Waals surface area contributed by atoms with Gasteiger partial charge in [0.1, 0.15) is 11.5 Å². The SMILES string of the molecule is COCc1cc(OC)cc(CCCCN)c1OC. The zero-order valence-corrected chi connectivity index (χ0v) is 11.5. The number of methoxy groups -OCH3 is 3. The van der Waals surface area contributed by atoms with Crippen LogP contribution in [0.2, 0.25) is 0 Å². The number of hydrogen-bond donors (Lipinski definition) is 1. The van der Waals surface area contributed by atoms with Crippen molar-refractivity contribution in [2.45, 2.75) is 25.9 Å². The van der Waals surface area contributed by atoms with Crippen LogP contribution in [0.3, 0.4) is 0 Å². The molecule has 0 heterocycles. The number of nitrogens with two attached hydrogens (primary N) is 1. The lowest BCUT2D eigenvalue weighted by molar-refractivity contribution is 0.181. The van der Waals surface area contributed by atoms with Crippen molar-refractivity contribution in [3.8, 4) is 11.5 Å². The molecule has 0 aromatic heterocycles. The average Bonchev–Trinajstić information content (AvgIpc) is 2.39. The average molecular weight is 253 g/mol. The molecular weight excluding hydrogens is 230 g/mol. The second kappa shape index (κ2) is 7.95. The third-order valence-corrected chi connectivity index (χ3v) is 2.86. The monoisotopic (exact) mass is 253 g/mol. The summed E-state index contributed by atoms with van der Waals surface area (Å²) < 4.78 is 16.0. The summed E-state index contributed by atoms with van der Waals surface area (Å²) in [5.41, 5.74) is 7.69. The first-order valence-electron chi connectivity index (χ1n) is 6.19. The fourth-order valence-corrected chi connectivity index (χ4v) is 2.01. The molecule has 0 saturated carbocycles. The van der Waals surface area contributed by atoms with Crippen LogP contribution < -0.4 is 15.2 Å². The molecule has 0 bridgehead atoms. The van der Waals surface area contributed by atoms with Crippen molar-refractivity contribution in [2.24, 2.45) is 5.73 Å². The van der Waals surface area contributed by atoms with E-state index in [1.54, 1.807) is 21.3 Å². The minimum atomic E-state index is 0.518. The van der Waals surface area contributed by atoms with Crippen LogP contribution in [0.15, 0.2) is 12.1 Å². The molecule has 0 fully saturated rings. The maximum Gasteiger partial charge on any atom is 0.127 e. The number of ether oxygens (including phenoxy) is 3. The molecule has 0 amide bonds. The van der Waals surface area contributed by atoms with Crippen LogP contribution in [0.5, 0.6) is 11.5 Å². The van der Waals surface area contributed by atoms with Crippen LogP contribution in [0.1, 0.15) is 24.0 Å². The van der Waals surface area contributed by atoms with Crippen LogP contribution in [-0.4, -0.2) is 27.9 Å². The summed E-state index contributed by atoms with van der Waals surface area (Å²) in [6.07, 6.45) is 3.00. The van der Waals surface area contributed by atoms with Gasteiger partial charge < -0.3 is 19.9 Å². The van der Waals surface area contributed by atoms with Gasteiger partial charge in [-0.15, -0.1) is 0 Å². The lowest BCUT2D eigenvalue weighted by Gasteiger charge is -2.15. The van der Waals surface area contributed by atoms with Crippen molar-refractivity contribution >= 4 is 0 Å². The molecule has 1 rings (SSSR count). The summed E-state index contributed by atoms with van der Waals surface area (Å²) >= 11 is 0. The van der Waals surface area contributed by atoms with Crippen molar-refractivity contribution in [1.29, 1.82) is 0 Å². The van der Waals surface area contributed by atoms with E-state index in [2.05, 4.69) is 0 Å². The number of rotatable bonds is 8. The van der Waals surface area contributed by atoms with Gasteiger partial charge in [-0.05, 0) is 43.5 Å². The van der Waals surface area contributed by atoms with Gasteiger partial charge in [0, 0.05) is 12.7 Å². The summed E-state index contributed by atoms with van der Waals surface area (Å²) in [5.74, 6) is 1.74. The molecule has 18 heavy (non-hydrogen) atoms. The maximum atomic E-state index is 5.52. The van der Waals surface area contributed by atoms with Crippen LogP contribution in [0.4, 0.5) is 0 Å². The van der Waals surface area contributed by atoms with Crippen LogP contribution >= 0.6 is 0 Å². The highest BCUT2D eigenvalue weighted by molar-refractivity contribution is 5.47. The van der Waals surface area contributed by atoms with Gasteiger partial charge in [0.05, 0.1) is 20.8 Å². The Bertz CT molecular complexity index is 366. The van der Waals surface area contributed by atoms with Crippen molar-refractivity contribution in [2.75, 3.05) is 27.9 Å². The van der Waals surface area contributed by atoms with Crippen molar-refractivity contribution in [3.63, 3.8) is 0 Å². The smallest absolute Gasteiger partial charge is 0.127 e. The van der Waals surface area contributed by atoms with E-state index < -0.39 is 0 Å². The molecule has 0 aliphatic heterocycles. The summed E-state index contributed by atoms with van der Waals surface area (Å²) in [6, 6.07) is 3.98. The van der Waals surface area contributed by atoms with Gasteiger partial charge in [0.15, 0.2) is 0 Å². The van der Waals surface area contributed by atoms with E-state index in [1.165, 1.54) is 0 Å². The molecule has 0 unspecified atom stereocenters. The van der Waals surface area contributed by atoms with E-state index in [1.807, 2.05) is 12.1 Å². The van der Waals surface area contributed by atoms with Crippen molar-refractivity contribution in [1.82, 2.24) is 0 Å². The Morgan fingerprint density at radius 2 is 1.72 bits per heavy atom. The molecule has 4 nitrogen and oxygen atoms in total. The number of unbranched alkanes of at least 4 members (excludes halogenated alkanes) is 1. The molecule has 0 atom stereocenters. The predicted molar refractivity (Wildman–Crippen MR) is 72.3 cm³/mol.